The zero-order valence-electron chi connectivity index (χ0n) is 28.6. The van der Waals surface area contributed by atoms with Crippen LogP contribution < -0.4 is 10.0 Å². The summed E-state index contributed by atoms with van der Waals surface area (Å²) in [7, 11) is -5.53. The molecule has 2 aromatic carbocycles. The summed E-state index contributed by atoms with van der Waals surface area (Å²) in [5, 5.41) is 18.3. The summed E-state index contributed by atoms with van der Waals surface area (Å²) in [5.41, 5.74) is 2.43. The van der Waals surface area contributed by atoms with Gasteiger partial charge in [0.15, 0.2) is 15.7 Å². The Morgan fingerprint density at radius 1 is 1.06 bits per heavy atom. The third-order valence-corrected chi connectivity index (χ3v) is 12.9. The normalized spacial score (nSPS) is 14.4. The van der Waals surface area contributed by atoms with Gasteiger partial charge in [-0.3, -0.25) is 19.2 Å². The minimum atomic E-state index is -3.75. The molecule has 0 spiro atoms. The molecule has 1 amide bonds. The molecule has 52 heavy (non-hydrogen) atoms. The number of aromatic nitrogens is 7. The molecule has 1 aliphatic rings. The molecule has 0 bridgehead atoms. The van der Waals surface area contributed by atoms with E-state index in [0.717, 1.165) is 24.5 Å². The van der Waals surface area contributed by atoms with Crippen molar-refractivity contribution in [2.45, 2.75) is 68.5 Å². The molecule has 276 valence electrons. The summed E-state index contributed by atoms with van der Waals surface area (Å²) in [6.07, 6.45) is 3.94. The standard InChI is InChI=1S/C33H36ClF2N9O5S2/c1-33(2,52(49,50)23-6-7-23)12-11-22-5-8-24(25-9-10-26(34)29-31(25)44(3)40-32(29)41-51(4,47)48)30(38-22)27(15-19-13-20(35)16-21(36)14-19)39-28(46)17-45-18-37-42-43-45/h5,8-10,13-14,16,18,23,27H,6-7,11-12,15,17H2,1-4H3,(H,39,46)(H,40,41)/t27-/m0/s1. The number of fused-ring (bicyclic) bond motifs is 1. The molecule has 14 nitrogen and oxygen atoms in total. The fourth-order valence-electron chi connectivity index (χ4n) is 6.21. The lowest BCUT2D eigenvalue weighted by atomic mass is 9.93. The number of amides is 1. The molecule has 1 atom stereocenters. The Morgan fingerprint density at radius 2 is 1.75 bits per heavy atom. The first-order valence-corrected chi connectivity index (χ1v) is 20.0. The molecule has 6 rings (SSSR count). The Bertz CT molecular complexity index is 2360. The lowest BCUT2D eigenvalue weighted by Gasteiger charge is -2.26. The number of sulfone groups is 1. The van der Waals surface area contributed by atoms with Gasteiger partial charge in [-0.05, 0) is 86.2 Å². The van der Waals surface area contributed by atoms with E-state index in [0.29, 0.717) is 40.6 Å². The third kappa shape index (κ3) is 8.08. The fraction of sp³-hybridized carbons (Fsp3) is 0.394. The number of aryl methyl sites for hydroxylation is 2. The molecule has 3 heterocycles. The van der Waals surface area contributed by atoms with Crippen molar-refractivity contribution in [2.24, 2.45) is 7.05 Å². The summed E-state index contributed by atoms with van der Waals surface area (Å²) in [5.74, 6) is -2.16. The number of carbonyl (C=O) groups is 1. The number of benzene rings is 2. The van der Waals surface area contributed by atoms with Crippen LogP contribution in [0.3, 0.4) is 0 Å². The van der Waals surface area contributed by atoms with Crippen molar-refractivity contribution >= 4 is 54.1 Å². The Balaban J connectivity index is 1.51. The van der Waals surface area contributed by atoms with Crippen LogP contribution in [0.15, 0.2) is 48.8 Å². The van der Waals surface area contributed by atoms with Crippen molar-refractivity contribution < 1.29 is 30.4 Å². The fourth-order valence-corrected chi connectivity index (χ4v) is 9.00. The predicted molar refractivity (Wildman–Crippen MR) is 191 cm³/mol. The molecule has 1 saturated carbocycles. The first-order valence-electron chi connectivity index (χ1n) is 16.2. The zero-order valence-corrected chi connectivity index (χ0v) is 31.0. The van der Waals surface area contributed by atoms with E-state index < -0.39 is 48.2 Å². The van der Waals surface area contributed by atoms with Crippen LogP contribution in [0.2, 0.25) is 5.02 Å². The monoisotopic (exact) mass is 775 g/mol. The number of pyridine rings is 1. The smallest absolute Gasteiger partial charge is 0.242 e. The van der Waals surface area contributed by atoms with Crippen molar-refractivity contribution in [2.75, 3.05) is 11.0 Å². The average molecular weight is 776 g/mol. The maximum Gasteiger partial charge on any atom is 0.242 e. The number of hydrogen-bond acceptors (Lipinski definition) is 10. The number of nitrogens with zero attached hydrogens (tertiary/aromatic N) is 7. The van der Waals surface area contributed by atoms with Crippen LogP contribution in [0.4, 0.5) is 14.6 Å². The van der Waals surface area contributed by atoms with Gasteiger partial charge >= 0.3 is 0 Å². The van der Waals surface area contributed by atoms with E-state index >= 15 is 0 Å². The van der Waals surface area contributed by atoms with E-state index in [1.807, 2.05) is 0 Å². The van der Waals surface area contributed by atoms with Crippen LogP contribution in [0.1, 0.15) is 56.1 Å². The second kappa shape index (κ2) is 14.1. The molecule has 0 saturated heterocycles. The number of tetrazole rings is 1. The second-order valence-corrected chi connectivity index (χ2v) is 18.5. The summed E-state index contributed by atoms with van der Waals surface area (Å²) < 4.78 is 83.8. The number of rotatable bonds is 14. The van der Waals surface area contributed by atoms with Gasteiger partial charge in [0.05, 0.1) is 43.9 Å². The Labute approximate surface area is 303 Å². The number of hydrogen-bond donors (Lipinski definition) is 2. The quantitative estimate of drug-likeness (QED) is 0.165. The molecule has 1 fully saturated rings. The number of sulfonamides is 1. The number of anilines is 1. The Hall–Kier alpha value is -4.55. The lowest BCUT2D eigenvalue weighted by molar-refractivity contribution is -0.122. The van der Waals surface area contributed by atoms with E-state index in [2.05, 4.69) is 30.7 Å². The third-order valence-electron chi connectivity index (χ3n) is 8.93. The van der Waals surface area contributed by atoms with Crippen LogP contribution in [0.25, 0.3) is 22.0 Å². The Morgan fingerprint density at radius 3 is 2.38 bits per heavy atom. The van der Waals surface area contributed by atoms with E-state index in [1.54, 1.807) is 45.2 Å². The van der Waals surface area contributed by atoms with Gasteiger partial charge in [0.1, 0.15) is 24.5 Å². The molecule has 0 radical (unpaired) electrons. The van der Waals surface area contributed by atoms with Crippen LogP contribution in [-0.4, -0.2) is 74.0 Å². The first-order chi connectivity index (χ1) is 24.4. The SMILES string of the molecule is Cn1nc(NS(C)(=O)=O)c2c(Cl)ccc(-c3ccc(CCC(C)(C)S(=O)(=O)C4CC4)nc3[C@H](Cc3cc(F)cc(F)c3)NC(=O)Cn3cnnn3)c21. The molecule has 2 N–H and O–H groups in total. The van der Waals surface area contributed by atoms with Gasteiger partial charge in [-0.2, -0.15) is 5.10 Å². The molecular weight excluding hydrogens is 740 g/mol. The highest BCUT2D eigenvalue weighted by Gasteiger charge is 2.45. The topological polar surface area (TPSA) is 184 Å². The molecule has 5 aromatic rings. The lowest BCUT2D eigenvalue weighted by Crippen LogP contribution is -2.35. The minimum Gasteiger partial charge on any atom is -0.346 e. The maximum atomic E-state index is 14.5. The van der Waals surface area contributed by atoms with Gasteiger partial charge in [0.2, 0.25) is 15.9 Å². The van der Waals surface area contributed by atoms with Crippen LogP contribution in [0, 0.1) is 11.6 Å². The number of halogens is 3. The predicted octanol–water partition coefficient (Wildman–Crippen LogP) is 4.31. The van der Waals surface area contributed by atoms with Crippen molar-refractivity contribution in [1.82, 2.24) is 40.3 Å². The average Bonchev–Trinajstić information content (AvgIpc) is 3.71. The zero-order chi connectivity index (χ0) is 37.6. The van der Waals surface area contributed by atoms with Gasteiger partial charge < -0.3 is 5.32 Å². The highest BCUT2D eigenvalue weighted by molar-refractivity contribution is 7.93. The van der Waals surface area contributed by atoms with Gasteiger partial charge in [-0.15, -0.1) is 5.10 Å². The van der Waals surface area contributed by atoms with Crippen LogP contribution in [0.5, 0.6) is 0 Å². The molecular formula is C33H36ClF2N9O5S2. The van der Waals surface area contributed by atoms with E-state index in [9.17, 15) is 30.4 Å². The van der Waals surface area contributed by atoms with Crippen molar-refractivity contribution in [3.63, 3.8) is 0 Å². The molecule has 19 heteroatoms. The second-order valence-electron chi connectivity index (χ2n) is 13.5. The number of carbonyl (C=O) groups excluding carboxylic acids is 1. The van der Waals surface area contributed by atoms with E-state index in [4.69, 9.17) is 16.6 Å². The molecule has 0 aliphatic heterocycles. The molecule has 1 aliphatic carbocycles. The van der Waals surface area contributed by atoms with Gasteiger partial charge in [-0.25, -0.2) is 30.3 Å². The summed E-state index contributed by atoms with van der Waals surface area (Å²) >= 11 is 6.61. The summed E-state index contributed by atoms with van der Waals surface area (Å²) in [4.78, 5) is 18.5. The van der Waals surface area contributed by atoms with Crippen LogP contribution >= 0.6 is 11.6 Å². The molecule has 3 aromatic heterocycles. The van der Waals surface area contributed by atoms with Crippen molar-refractivity contribution in [1.29, 1.82) is 0 Å². The van der Waals surface area contributed by atoms with Crippen molar-refractivity contribution in [3.05, 3.63) is 82.4 Å². The summed E-state index contributed by atoms with van der Waals surface area (Å²) in [6.45, 7) is 3.12. The largest absolute Gasteiger partial charge is 0.346 e. The maximum absolute atomic E-state index is 14.5. The van der Waals surface area contributed by atoms with E-state index in [1.165, 1.54) is 15.7 Å². The van der Waals surface area contributed by atoms with Gasteiger partial charge in [0, 0.05) is 29.9 Å². The first kappa shape index (κ1) is 37.2. The number of nitrogens with one attached hydrogen (secondary N) is 2. The van der Waals surface area contributed by atoms with Gasteiger partial charge in [0.25, 0.3) is 0 Å². The highest BCUT2D eigenvalue weighted by Crippen LogP contribution is 2.41. The van der Waals surface area contributed by atoms with Crippen molar-refractivity contribution in [3.8, 4) is 11.1 Å². The summed E-state index contributed by atoms with van der Waals surface area (Å²) in [6, 6.07) is 8.82. The molecule has 0 unspecified atom stereocenters. The minimum absolute atomic E-state index is 0.00128. The Kier molecular flexibility index (Phi) is 10.1. The van der Waals surface area contributed by atoms with E-state index in [-0.39, 0.29) is 53.2 Å². The highest BCUT2D eigenvalue weighted by atomic mass is 35.5. The van der Waals surface area contributed by atoms with Gasteiger partial charge in [-0.1, -0.05) is 23.7 Å². The van der Waals surface area contributed by atoms with Crippen LogP contribution in [-0.2, 0) is 51.1 Å².